The van der Waals surface area contributed by atoms with Crippen molar-refractivity contribution in [2.75, 3.05) is 18.9 Å². The summed E-state index contributed by atoms with van der Waals surface area (Å²) >= 11 is 1.48. The Morgan fingerprint density at radius 2 is 2.04 bits per heavy atom. The highest BCUT2D eigenvalue weighted by Gasteiger charge is 2.14. The van der Waals surface area contributed by atoms with Crippen molar-refractivity contribution >= 4 is 22.4 Å². The van der Waals surface area contributed by atoms with Gasteiger partial charge in [0.1, 0.15) is 0 Å². The summed E-state index contributed by atoms with van der Waals surface area (Å²) in [5, 5.41) is 5.60. The van der Waals surface area contributed by atoms with Crippen molar-refractivity contribution in [1.29, 1.82) is 0 Å². The lowest BCUT2D eigenvalue weighted by Crippen LogP contribution is -2.34. The van der Waals surface area contributed by atoms with Gasteiger partial charge in [0.15, 0.2) is 5.13 Å². The van der Waals surface area contributed by atoms with E-state index >= 15 is 0 Å². The summed E-state index contributed by atoms with van der Waals surface area (Å²) in [4.78, 5) is 18.7. The van der Waals surface area contributed by atoms with E-state index in [1.165, 1.54) is 48.1 Å². The van der Waals surface area contributed by atoms with E-state index in [-0.39, 0.29) is 5.91 Å². The molecule has 0 aliphatic heterocycles. The molecule has 3 rings (SSSR count). The van der Waals surface area contributed by atoms with E-state index in [0.717, 1.165) is 11.3 Å². The zero-order valence-corrected chi connectivity index (χ0v) is 15.4. The molecule has 24 heavy (non-hydrogen) atoms. The number of thiazole rings is 1. The van der Waals surface area contributed by atoms with Gasteiger partial charge in [0.25, 0.3) is 0 Å². The van der Waals surface area contributed by atoms with Crippen molar-refractivity contribution in [3.05, 3.63) is 34.7 Å². The standard InChI is InChI=1S/C19H25N3OS/c1-13(2)22(3)11-18(23)21-19-20-17(12-24-19)16-9-8-14-6-4-5-7-15(14)10-16/h8-10,12-13H,4-7,11H2,1-3H3,(H,20,21,23). The molecule has 0 saturated carbocycles. The van der Waals surface area contributed by atoms with Crippen LogP contribution in [0.15, 0.2) is 23.6 Å². The number of hydrogen-bond acceptors (Lipinski definition) is 4. The van der Waals surface area contributed by atoms with Crippen molar-refractivity contribution in [3.63, 3.8) is 0 Å². The molecule has 0 unspecified atom stereocenters. The van der Waals surface area contributed by atoms with Crippen molar-refractivity contribution in [3.8, 4) is 11.3 Å². The predicted molar refractivity (Wildman–Crippen MR) is 101 cm³/mol. The Labute approximate surface area is 147 Å². The lowest BCUT2D eigenvalue weighted by molar-refractivity contribution is -0.117. The van der Waals surface area contributed by atoms with Gasteiger partial charge < -0.3 is 5.32 Å². The third kappa shape index (κ3) is 4.02. The fourth-order valence-corrected chi connectivity index (χ4v) is 3.66. The highest BCUT2D eigenvalue weighted by molar-refractivity contribution is 7.14. The number of anilines is 1. The van der Waals surface area contributed by atoms with Gasteiger partial charge in [-0.2, -0.15) is 0 Å². The van der Waals surface area contributed by atoms with Gasteiger partial charge in [-0.25, -0.2) is 4.98 Å². The van der Waals surface area contributed by atoms with Gasteiger partial charge in [0.2, 0.25) is 5.91 Å². The molecule has 0 bridgehead atoms. The maximum atomic E-state index is 12.1. The number of likely N-dealkylation sites (N-methyl/N-ethyl adjacent to an activating group) is 1. The van der Waals surface area contributed by atoms with Gasteiger partial charge in [-0.1, -0.05) is 12.1 Å². The molecule has 0 atom stereocenters. The number of benzene rings is 1. The van der Waals surface area contributed by atoms with Crippen LogP contribution >= 0.6 is 11.3 Å². The molecule has 1 aliphatic rings. The molecule has 1 aromatic heterocycles. The first-order valence-electron chi connectivity index (χ1n) is 8.60. The summed E-state index contributed by atoms with van der Waals surface area (Å²) in [5.74, 6) is -0.0162. The minimum atomic E-state index is -0.0162. The first-order chi connectivity index (χ1) is 11.5. The van der Waals surface area contributed by atoms with Crippen LogP contribution in [0.4, 0.5) is 5.13 Å². The van der Waals surface area contributed by atoms with E-state index < -0.39 is 0 Å². The molecule has 1 amide bonds. The van der Waals surface area contributed by atoms with Crippen LogP contribution in [0.3, 0.4) is 0 Å². The number of aryl methyl sites for hydroxylation is 2. The quantitative estimate of drug-likeness (QED) is 0.893. The molecule has 0 saturated heterocycles. The van der Waals surface area contributed by atoms with Crippen LogP contribution in [0.5, 0.6) is 0 Å². The third-order valence-electron chi connectivity index (χ3n) is 4.67. The molecule has 0 fully saturated rings. The molecule has 1 aliphatic carbocycles. The van der Waals surface area contributed by atoms with E-state index in [1.807, 2.05) is 17.3 Å². The van der Waals surface area contributed by atoms with Crippen molar-refractivity contribution < 1.29 is 4.79 Å². The largest absolute Gasteiger partial charge is 0.301 e. The summed E-state index contributed by atoms with van der Waals surface area (Å²) in [6.45, 7) is 4.53. The van der Waals surface area contributed by atoms with Crippen molar-refractivity contribution in [2.45, 2.75) is 45.6 Å². The summed E-state index contributed by atoms with van der Waals surface area (Å²) in [7, 11) is 1.95. The molecule has 4 nitrogen and oxygen atoms in total. The fourth-order valence-electron chi connectivity index (χ4n) is 2.92. The second kappa shape index (κ2) is 7.45. The third-order valence-corrected chi connectivity index (χ3v) is 5.43. The van der Waals surface area contributed by atoms with E-state index in [9.17, 15) is 4.79 Å². The summed E-state index contributed by atoms with van der Waals surface area (Å²) in [5.41, 5.74) is 5.02. The maximum Gasteiger partial charge on any atom is 0.240 e. The van der Waals surface area contributed by atoms with Gasteiger partial charge in [0, 0.05) is 17.0 Å². The van der Waals surface area contributed by atoms with Gasteiger partial charge in [-0.15, -0.1) is 11.3 Å². The maximum absolute atomic E-state index is 12.1. The fraction of sp³-hybridized carbons (Fsp3) is 0.474. The zero-order valence-electron chi connectivity index (χ0n) is 14.6. The number of nitrogens with one attached hydrogen (secondary N) is 1. The number of rotatable bonds is 5. The Kier molecular flexibility index (Phi) is 5.31. The molecular weight excluding hydrogens is 318 g/mol. The average Bonchev–Trinajstić information content (AvgIpc) is 3.02. The van der Waals surface area contributed by atoms with Gasteiger partial charge in [0.05, 0.1) is 12.2 Å². The van der Waals surface area contributed by atoms with Crippen LogP contribution in [0.1, 0.15) is 37.8 Å². The van der Waals surface area contributed by atoms with E-state index in [0.29, 0.717) is 17.7 Å². The van der Waals surface area contributed by atoms with E-state index in [2.05, 4.69) is 42.3 Å². The highest BCUT2D eigenvalue weighted by atomic mass is 32.1. The lowest BCUT2D eigenvalue weighted by Gasteiger charge is -2.19. The van der Waals surface area contributed by atoms with Crippen LogP contribution in [0.2, 0.25) is 0 Å². The van der Waals surface area contributed by atoms with E-state index in [1.54, 1.807) is 0 Å². The summed E-state index contributed by atoms with van der Waals surface area (Å²) in [6, 6.07) is 7.00. The number of carbonyl (C=O) groups is 1. The highest BCUT2D eigenvalue weighted by Crippen LogP contribution is 2.29. The first kappa shape index (κ1) is 17.1. The summed E-state index contributed by atoms with van der Waals surface area (Å²) < 4.78 is 0. The molecule has 0 radical (unpaired) electrons. The van der Waals surface area contributed by atoms with Crippen LogP contribution < -0.4 is 5.32 Å². The first-order valence-corrected chi connectivity index (χ1v) is 9.48. The van der Waals surface area contributed by atoms with Gasteiger partial charge in [-0.05, 0) is 63.8 Å². The second-order valence-corrected chi connectivity index (χ2v) is 7.64. The van der Waals surface area contributed by atoms with Crippen LogP contribution in [0, 0.1) is 0 Å². The number of hydrogen-bond donors (Lipinski definition) is 1. The molecule has 1 heterocycles. The zero-order chi connectivity index (χ0) is 17.1. The minimum Gasteiger partial charge on any atom is -0.301 e. The van der Waals surface area contributed by atoms with Crippen molar-refractivity contribution in [2.24, 2.45) is 0 Å². The van der Waals surface area contributed by atoms with Crippen LogP contribution in [-0.2, 0) is 17.6 Å². The molecule has 2 aromatic rings. The molecule has 0 spiro atoms. The summed E-state index contributed by atoms with van der Waals surface area (Å²) in [6.07, 6.45) is 4.93. The number of fused-ring (bicyclic) bond motifs is 1. The molecule has 1 aromatic carbocycles. The number of aromatic nitrogens is 1. The lowest BCUT2D eigenvalue weighted by atomic mass is 9.90. The minimum absolute atomic E-state index is 0.0162. The molecular formula is C19H25N3OS. The monoisotopic (exact) mass is 343 g/mol. The molecule has 1 N–H and O–H groups in total. The molecule has 128 valence electrons. The van der Waals surface area contributed by atoms with Crippen LogP contribution in [0.25, 0.3) is 11.3 Å². The molecule has 5 heteroatoms. The Morgan fingerprint density at radius 3 is 2.79 bits per heavy atom. The second-order valence-electron chi connectivity index (χ2n) is 6.79. The number of carbonyl (C=O) groups excluding carboxylic acids is 1. The van der Waals surface area contributed by atoms with E-state index in [4.69, 9.17) is 0 Å². The van der Waals surface area contributed by atoms with Crippen molar-refractivity contribution in [1.82, 2.24) is 9.88 Å². The number of amides is 1. The Morgan fingerprint density at radius 1 is 1.29 bits per heavy atom. The average molecular weight is 343 g/mol. The predicted octanol–water partition coefficient (Wildman–Crippen LogP) is 3.97. The van der Waals surface area contributed by atoms with Gasteiger partial charge >= 0.3 is 0 Å². The SMILES string of the molecule is CC(C)N(C)CC(=O)Nc1nc(-c2ccc3c(c2)CCCC3)cs1. The smallest absolute Gasteiger partial charge is 0.240 e. The topological polar surface area (TPSA) is 45.2 Å². The Bertz CT molecular complexity index is 723. The van der Waals surface area contributed by atoms with Crippen LogP contribution in [-0.4, -0.2) is 35.4 Å². The Balaban J connectivity index is 1.68. The Hall–Kier alpha value is -1.72. The van der Waals surface area contributed by atoms with Gasteiger partial charge in [-0.3, -0.25) is 9.69 Å². The number of nitrogens with zero attached hydrogens (tertiary/aromatic N) is 2. The normalized spacial score (nSPS) is 14.0.